The number of ether oxygens (including phenoxy) is 1. The molecule has 0 spiro atoms. The van der Waals surface area contributed by atoms with E-state index in [0.29, 0.717) is 4.83 Å². The number of allylic oxidation sites excluding steroid dienone is 5. The zero-order chi connectivity index (χ0) is 18.3. The van der Waals surface area contributed by atoms with Gasteiger partial charge in [-0.25, -0.2) is 4.79 Å². The Kier molecular flexibility index (Phi) is 8.49. The molecule has 24 heavy (non-hydrogen) atoms. The molecule has 0 aromatic heterocycles. The molecule has 0 N–H and O–H groups in total. The number of hydrogen-bond acceptors (Lipinski definition) is 2. The van der Waals surface area contributed by atoms with Crippen LogP contribution in [0.4, 0.5) is 0 Å². The van der Waals surface area contributed by atoms with Gasteiger partial charge in [0.1, 0.15) is 0 Å². The highest BCUT2D eigenvalue weighted by Crippen LogP contribution is 2.46. The van der Waals surface area contributed by atoms with Gasteiger partial charge in [-0.2, -0.15) is 0 Å². The van der Waals surface area contributed by atoms with Crippen LogP contribution in [0, 0.1) is 5.41 Å². The third kappa shape index (κ3) is 6.23. The number of hydrogen-bond donors (Lipinski definition) is 0. The van der Waals surface area contributed by atoms with Gasteiger partial charge in [-0.3, -0.25) is 0 Å². The second-order valence-electron chi connectivity index (χ2n) is 7.59. The van der Waals surface area contributed by atoms with E-state index in [2.05, 4.69) is 54.4 Å². The highest BCUT2D eigenvalue weighted by molar-refractivity contribution is 9.09. The van der Waals surface area contributed by atoms with Crippen LogP contribution < -0.4 is 0 Å². The van der Waals surface area contributed by atoms with E-state index in [9.17, 15) is 4.79 Å². The van der Waals surface area contributed by atoms with E-state index in [4.69, 9.17) is 0 Å². The average Bonchev–Trinajstić information content (AvgIpc) is 2.50. The molecule has 0 bridgehead atoms. The third-order valence-corrected chi connectivity index (χ3v) is 6.82. The number of halogens is 1. The normalized spacial score (nSPS) is 21.9. The van der Waals surface area contributed by atoms with E-state index in [0.717, 1.165) is 31.3 Å². The van der Waals surface area contributed by atoms with E-state index < -0.39 is 0 Å². The summed E-state index contributed by atoms with van der Waals surface area (Å²) < 4.78 is 4.65. The van der Waals surface area contributed by atoms with Crippen molar-refractivity contribution in [1.29, 1.82) is 0 Å². The zero-order valence-electron chi connectivity index (χ0n) is 16.2. The van der Waals surface area contributed by atoms with E-state index in [-0.39, 0.29) is 11.4 Å². The van der Waals surface area contributed by atoms with Gasteiger partial charge in [0.05, 0.1) is 7.11 Å². The number of carbonyl (C=O) groups excluding carboxylic acids is 1. The first kappa shape index (κ1) is 21.2. The van der Waals surface area contributed by atoms with Crippen LogP contribution >= 0.6 is 15.9 Å². The maximum atomic E-state index is 11.2. The van der Waals surface area contributed by atoms with Gasteiger partial charge in [0.2, 0.25) is 0 Å². The minimum atomic E-state index is -0.264. The first-order chi connectivity index (χ1) is 11.2. The fourth-order valence-corrected chi connectivity index (χ4v) is 3.94. The summed E-state index contributed by atoms with van der Waals surface area (Å²) in [4.78, 5) is 11.8. The molecule has 2 nitrogen and oxygen atoms in total. The molecule has 0 amide bonds. The molecule has 0 aromatic carbocycles. The summed E-state index contributed by atoms with van der Waals surface area (Å²) in [6.45, 7) is 11.2. The molecule has 0 radical (unpaired) electrons. The summed E-state index contributed by atoms with van der Waals surface area (Å²) >= 11 is 3.88. The van der Waals surface area contributed by atoms with Gasteiger partial charge in [-0.05, 0) is 64.7 Å². The number of carbonyl (C=O) groups is 1. The van der Waals surface area contributed by atoms with Crippen LogP contribution in [0.1, 0.15) is 73.1 Å². The van der Waals surface area contributed by atoms with Crippen molar-refractivity contribution in [3.8, 4) is 0 Å². The molecule has 3 heteroatoms. The first-order valence-corrected chi connectivity index (χ1v) is 9.84. The molecule has 1 rings (SSSR count). The Hall–Kier alpha value is -0.830. The predicted octanol–water partition coefficient (Wildman–Crippen LogP) is 6.51. The second kappa shape index (κ2) is 9.60. The van der Waals surface area contributed by atoms with E-state index in [1.165, 1.54) is 25.5 Å². The molecule has 1 aliphatic rings. The molecule has 1 atom stereocenters. The molecule has 1 aliphatic carbocycles. The fourth-order valence-electron chi connectivity index (χ4n) is 3.43. The fraction of sp³-hybridized carbons (Fsp3) is 0.667. The Balaban J connectivity index is 2.55. The SMILES string of the molecule is COC(=O)/C=C(\C)CC/C=C(\C)CCC1=C(C)CC[C@H](Br)C1(C)C. The average molecular weight is 397 g/mol. The van der Waals surface area contributed by atoms with Crippen molar-refractivity contribution in [2.45, 2.75) is 78.0 Å². The largest absolute Gasteiger partial charge is 0.466 e. The first-order valence-electron chi connectivity index (χ1n) is 8.92. The zero-order valence-corrected chi connectivity index (χ0v) is 17.8. The van der Waals surface area contributed by atoms with Crippen LogP contribution in [0.25, 0.3) is 0 Å². The lowest BCUT2D eigenvalue weighted by Gasteiger charge is -2.39. The number of alkyl halides is 1. The number of esters is 1. The maximum Gasteiger partial charge on any atom is 0.330 e. The van der Waals surface area contributed by atoms with Crippen molar-refractivity contribution in [1.82, 2.24) is 0 Å². The van der Waals surface area contributed by atoms with Crippen LogP contribution in [0.3, 0.4) is 0 Å². The van der Waals surface area contributed by atoms with Gasteiger partial charge in [0.15, 0.2) is 0 Å². The van der Waals surface area contributed by atoms with Gasteiger partial charge >= 0.3 is 5.97 Å². The quantitative estimate of drug-likeness (QED) is 0.212. The van der Waals surface area contributed by atoms with Gasteiger partial charge in [-0.15, -0.1) is 0 Å². The highest BCUT2D eigenvalue weighted by Gasteiger charge is 2.35. The Bertz CT molecular complexity index is 538. The predicted molar refractivity (Wildman–Crippen MR) is 106 cm³/mol. The summed E-state index contributed by atoms with van der Waals surface area (Å²) in [7, 11) is 1.41. The summed E-state index contributed by atoms with van der Waals surface area (Å²) in [5.74, 6) is -0.264. The molecule has 0 aromatic rings. The minimum Gasteiger partial charge on any atom is -0.466 e. The lowest BCUT2D eigenvalue weighted by molar-refractivity contribution is -0.134. The van der Waals surface area contributed by atoms with Crippen molar-refractivity contribution >= 4 is 21.9 Å². The molecule has 0 saturated heterocycles. The van der Waals surface area contributed by atoms with Crippen molar-refractivity contribution in [2.24, 2.45) is 5.41 Å². The summed E-state index contributed by atoms with van der Waals surface area (Å²) in [5, 5.41) is 0. The molecule has 0 heterocycles. The van der Waals surface area contributed by atoms with Crippen molar-refractivity contribution in [3.05, 3.63) is 34.4 Å². The summed E-state index contributed by atoms with van der Waals surface area (Å²) in [6.07, 6.45) is 10.5. The molecule has 0 aliphatic heterocycles. The molecule has 0 fully saturated rings. The Morgan fingerprint density at radius 3 is 2.58 bits per heavy atom. The molecular formula is C21H33BrO2. The van der Waals surface area contributed by atoms with E-state index in [1.807, 2.05) is 6.92 Å². The van der Waals surface area contributed by atoms with Gasteiger partial charge in [0, 0.05) is 10.9 Å². The van der Waals surface area contributed by atoms with Gasteiger partial charge in [0.25, 0.3) is 0 Å². The van der Waals surface area contributed by atoms with Crippen LogP contribution in [0.15, 0.2) is 34.4 Å². The van der Waals surface area contributed by atoms with Crippen LogP contribution in [-0.4, -0.2) is 17.9 Å². The summed E-state index contributed by atoms with van der Waals surface area (Å²) in [5.41, 5.74) is 5.97. The highest BCUT2D eigenvalue weighted by atomic mass is 79.9. The minimum absolute atomic E-state index is 0.252. The Morgan fingerprint density at radius 1 is 1.29 bits per heavy atom. The lowest BCUT2D eigenvalue weighted by atomic mass is 9.71. The maximum absolute atomic E-state index is 11.2. The van der Waals surface area contributed by atoms with E-state index >= 15 is 0 Å². The smallest absolute Gasteiger partial charge is 0.330 e. The number of rotatable bonds is 7. The molecular weight excluding hydrogens is 364 g/mol. The molecule has 0 unspecified atom stereocenters. The number of methoxy groups -OCH3 is 1. The Morgan fingerprint density at radius 2 is 1.96 bits per heavy atom. The van der Waals surface area contributed by atoms with Crippen LogP contribution in [0.5, 0.6) is 0 Å². The standard InChI is InChI=1S/C21H33BrO2/c1-15(8-7-9-16(2)14-20(23)24-6)10-12-18-17(3)11-13-19(22)21(18,4)5/h8,14,19H,7,9-13H2,1-6H3/b15-8+,16-14+/t19-/m0/s1. The van der Waals surface area contributed by atoms with Crippen molar-refractivity contribution < 1.29 is 9.53 Å². The summed E-state index contributed by atoms with van der Waals surface area (Å²) in [6, 6.07) is 0. The van der Waals surface area contributed by atoms with E-state index in [1.54, 1.807) is 17.2 Å². The van der Waals surface area contributed by atoms with Gasteiger partial charge < -0.3 is 4.74 Å². The van der Waals surface area contributed by atoms with Crippen LogP contribution in [-0.2, 0) is 9.53 Å². The lowest BCUT2D eigenvalue weighted by Crippen LogP contribution is -2.31. The topological polar surface area (TPSA) is 26.3 Å². The van der Waals surface area contributed by atoms with Gasteiger partial charge in [-0.1, -0.05) is 58.1 Å². The second-order valence-corrected chi connectivity index (χ2v) is 8.70. The molecule has 136 valence electrons. The molecule has 0 saturated carbocycles. The van der Waals surface area contributed by atoms with Crippen molar-refractivity contribution in [3.63, 3.8) is 0 Å². The van der Waals surface area contributed by atoms with Crippen molar-refractivity contribution in [2.75, 3.05) is 7.11 Å². The third-order valence-electron chi connectivity index (χ3n) is 5.22. The Labute approximate surface area is 156 Å². The monoisotopic (exact) mass is 396 g/mol. The van der Waals surface area contributed by atoms with Crippen LogP contribution in [0.2, 0.25) is 0 Å².